The molecule has 0 aliphatic rings. The highest BCUT2D eigenvalue weighted by Crippen LogP contribution is 2.13. The van der Waals surface area contributed by atoms with Crippen LogP contribution in [0.3, 0.4) is 0 Å². The van der Waals surface area contributed by atoms with E-state index in [1.165, 1.54) is 38.5 Å². The first-order valence-electron chi connectivity index (χ1n) is 16.8. The van der Waals surface area contributed by atoms with Crippen molar-refractivity contribution in [2.45, 2.75) is 142 Å². The third-order valence-electron chi connectivity index (χ3n) is 6.80. The molecule has 2 N–H and O–H groups in total. The van der Waals surface area contributed by atoms with Gasteiger partial charge in [0.2, 0.25) is 0 Å². The van der Waals surface area contributed by atoms with Crippen LogP contribution in [0.15, 0.2) is 60.8 Å². The van der Waals surface area contributed by atoms with Crippen molar-refractivity contribution in [3.8, 4) is 0 Å². The molecule has 0 aromatic rings. The van der Waals surface area contributed by atoms with E-state index >= 15 is 0 Å². The Labute approximate surface area is 263 Å². The fourth-order valence-electron chi connectivity index (χ4n) is 4.24. The second kappa shape index (κ2) is 31.0. The number of carbonyl (C=O) groups is 2. The van der Waals surface area contributed by atoms with E-state index in [1.54, 1.807) is 6.08 Å². The fourth-order valence-corrected chi connectivity index (χ4v) is 4.24. The molecular weight excluding hydrogens is 540 g/mol. The van der Waals surface area contributed by atoms with Crippen molar-refractivity contribution >= 4 is 11.9 Å². The highest BCUT2D eigenvalue weighted by molar-refractivity contribution is 5.69. The van der Waals surface area contributed by atoms with Gasteiger partial charge in [-0.3, -0.25) is 9.59 Å². The first-order chi connectivity index (χ1) is 20.8. The molecule has 0 aliphatic carbocycles. The van der Waals surface area contributed by atoms with Crippen LogP contribution in [0.2, 0.25) is 0 Å². The van der Waals surface area contributed by atoms with Crippen LogP contribution in [0, 0.1) is 5.92 Å². The summed E-state index contributed by atoms with van der Waals surface area (Å²) in [6.45, 7) is 6.28. The molecule has 0 amide bonds. The monoisotopic (exact) mass is 602 g/mol. The molecule has 0 saturated carbocycles. The largest absolute Gasteiger partial charge is 0.463 e. The lowest BCUT2D eigenvalue weighted by molar-refractivity contribution is -0.152. The van der Waals surface area contributed by atoms with Crippen LogP contribution in [0.1, 0.15) is 130 Å². The van der Waals surface area contributed by atoms with E-state index in [1.807, 2.05) is 18.2 Å². The van der Waals surface area contributed by atoms with Crippen LogP contribution in [0.5, 0.6) is 0 Å². The summed E-state index contributed by atoms with van der Waals surface area (Å²) in [5.74, 6) is 0.0231. The van der Waals surface area contributed by atoms with E-state index in [2.05, 4.69) is 57.2 Å². The number of hydrogen-bond donors (Lipinski definition) is 2. The first kappa shape index (κ1) is 40.6. The molecule has 0 aromatic heterocycles. The molecule has 43 heavy (non-hydrogen) atoms. The van der Waals surface area contributed by atoms with Gasteiger partial charge in [-0.05, 0) is 50.9 Å². The van der Waals surface area contributed by atoms with Gasteiger partial charge >= 0.3 is 11.9 Å². The Kier molecular flexibility index (Phi) is 29.2. The van der Waals surface area contributed by atoms with Gasteiger partial charge < -0.3 is 19.7 Å². The van der Waals surface area contributed by atoms with E-state index in [4.69, 9.17) is 9.47 Å². The Bertz CT molecular complexity index is 808. The van der Waals surface area contributed by atoms with Gasteiger partial charge in [0.1, 0.15) is 19.3 Å². The Morgan fingerprint density at radius 2 is 1.09 bits per heavy atom. The zero-order valence-corrected chi connectivity index (χ0v) is 27.5. The number of ether oxygens (including phenoxy) is 2. The third kappa shape index (κ3) is 32.3. The number of rotatable bonds is 28. The summed E-state index contributed by atoms with van der Waals surface area (Å²) in [6, 6.07) is 0. The Balaban J connectivity index is 3.71. The molecule has 0 fully saturated rings. The van der Waals surface area contributed by atoms with Crippen molar-refractivity contribution < 1.29 is 29.3 Å². The molecule has 0 bridgehead atoms. The maximum atomic E-state index is 11.9. The summed E-state index contributed by atoms with van der Waals surface area (Å²) in [4.78, 5) is 23.8. The van der Waals surface area contributed by atoms with E-state index in [0.717, 1.165) is 50.9 Å². The Morgan fingerprint density at radius 1 is 0.605 bits per heavy atom. The van der Waals surface area contributed by atoms with Crippen molar-refractivity contribution in [1.29, 1.82) is 0 Å². The van der Waals surface area contributed by atoms with Gasteiger partial charge in [-0.25, -0.2) is 0 Å². The number of unbranched alkanes of at least 4 members (excludes halogenated alkanes) is 7. The minimum atomic E-state index is -1.04. The molecule has 246 valence electrons. The number of aliphatic hydroxyl groups is 2. The van der Waals surface area contributed by atoms with Gasteiger partial charge in [0.15, 0.2) is 0 Å². The molecule has 1 unspecified atom stereocenters. The highest BCUT2D eigenvalue weighted by Gasteiger charge is 2.12. The maximum Gasteiger partial charge on any atom is 0.305 e. The predicted octanol–water partition coefficient (Wildman–Crippen LogP) is 8.88. The first-order valence-corrected chi connectivity index (χ1v) is 16.8. The van der Waals surface area contributed by atoms with Crippen LogP contribution in [0.4, 0.5) is 0 Å². The second-order valence-corrected chi connectivity index (χ2v) is 11.6. The quantitative estimate of drug-likeness (QED) is 0.0402. The summed E-state index contributed by atoms with van der Waals surface area (Å²) in [5, 5.41) is 20.0. The molecule has 6 nitrogen and oxygen atoms in total. The summed E-state index contributed by atoms with van der Waals surface area (Å²) in [5.41, 5.74) is 0. The van der Waals surface area contributed by atoms with Crippen LogP contribution in [0.25, 0.3) is 0 Å². The zero-order chi connectivity index (χ0) is 31.8. The number of aliphatic hydroxyl groups excluding tert-OH is 2. The number of esters is 2. The van der Waals surface area contributed by atoms with Gasteiger partial charge in [-0.1, -0.05) is 133 Å². The molecule has 0 aromatic carbocycles. The van der Waals surface area contributed by atoms with Gasteiger partial charge in [0, 0.05) is 12.8 Å². The van der Waals surface area contributed by atoms with E-state index in [-0.39, 0.29) is 25.6 Å². The van der Waals surface area contributed by atoms with Crippen LogP contribution in [-0.2, 0) is 19.1 Å². The molecule has 6 heteroatoms. The molecule has 0 aliphatic heterocycles. The lowest BCUT2D eigenvalue weighted by Crippen LogP contribution is -2.25. The standard InChI is InChI=1S/C37H62O6/c1-4-5-6-7-8-9-10-11-12-13-17-20-23-27-34(38)28-25-30-37(41)43-32-35(39)31-42-36(40)29-24-21-18-15-14-16-19-22-26-33(2)3/h5-6,8-9,11-12,17,20,23,27,33-35,38-39H,4,7,10,13-16,18-19,21-22,24-26,28-32H2,1-3H3/b6-5-,9-8-,12-11-,20-17-,27-23+/t34?,35-/m1/s1. The summed E-state index contributed by atoms with van der Waals surface area (Å²) < 4.78 is 10.2. The second-order valence-electron chi connectivity index (χ2n) is 11.6. The van der Waals surface area contributed by atoms with Gasteiger partial charge in [-0.2, -0.15) is 0 Å². The fraction of sp³-hybridized carbons (Fsp3) is 0.676. The van der Waals surface area contributed by atoms with Crippen molar-refractivity contribution in [2.24, 2.45) is 5.92 Å². The average Bonchev–Trinajstić information content (AvgIpc) is 2.98. The van der Waals surface area contributed by atoms with Crippen molar-refractivity contribution in [1.82, 2.24) is 0 Å². The van der Waals surface area contributed by atoms with Crippen LogP contribution >= 0.6 is 0 Å². The topological polar surface area (TPSA) is 93.1 Å². The van der Waals surface area contributed by atoms with Gasteiger partial charge in [-0.15, -0.1) is 0 Å². The minimum Gasteiger partial charge on any atom is -0.463 e. The van der Waals surface area contributed by atoms with Gasteiger partial charge in [0.25, 0.3) is 0 Å². The molecule has 0 saturated heterocycles. The normalized spacial score (nSPS) is 13.8. The van der Waals surface area contributed by atoms with E-state index in [9.17, 15) is 19.8 Å². The zero-order valence-electron chi connectivity index (χ0n) is 27.5. The Morgan fingerprint density at radius 3 is 1.65 bits per heavy atom. The third-order valence-corrected chi connectivity index (χ3v) is 6.80. The van der Waals surface area contributed by atoms with Crippen molar-refractivity contribution in [2.75, 3.05) is 13.2 Å². The van der Waals surface area contributed by atoms with Crippen molar-refractivity contribution in [3.05, 3.63) is 60.8 Å². The van der Waals surface area contributed by atoms with E-state index < -0.39 is 18.2 Å². The predicted molar refractivity (Wildman–Crippen MR) is 179 cm³/mol. The Hall–Kier alpha value is -2.44. The highest BCUT2D eigenvalue weighted by atomic mass is 16.6. The summed E-state index contributed by atoms with van der Waals surface area (Å²) in [6.07, 6.45) is 34.6. The lowest BCUT2D eigenvalue weighted by Gasteiger charge is -2.12. The molecule has 0 radical (unpaired) electrons. The SMILES string of the molecule is CC/C=C\C/C=C\C/C=C\C/C=C\C=C\C(O)CCCC(=O)OC[C@H](O)COC(=O)CCCCCCCCCCC(C)C. The smallest absolute Gasteiger partial charge is 0.305 e. The molecule has 0 heterocycles. The minimum absolute atomic E-state index is 0.152. The molecule has 0 spiro atoms. The number of carbonyl (C=O) groups excluding carboxylic acids is 2. The van der Waals surface area contributed by atoms with Gasteiger partial charge in [0.05, 0.1) is 6.10 Å². The maximum absolute atomic E-state index is 11.9. The summed E-state index contributed by atoms with van der Waals surface area (Å²) >= 11 is 0. The molecule has 0 rings (SSSR count). The molecule has 2 atom stereocenters. The number of allylic oxidation sites excluding steroid dienone is 9. The average molecular weight is 603 g/mol. The van der Waals surface area contributed by atoms with Crippen LogP contribution < -0.4 is 0 Å². The van der Waals surface area contributed by atoms with Crippen molar-refractivity contribution in [3.63, 3.8) is 0 Å². The van der Waals surface area contributed by atoms with E-state index in [0.29, 0.717) is 19.3 Å². The lowest BCUT2D eigenvalue weighted by atomic mass is 10.0. The number of hydrogen-bond acceptors (Lipinski definition) is 6. The molecular formula is C37H62O6. The summed E-state index contributed by atoms with van der Waals surface area (Å²) in [7, 11) is 0. The van der Waals surface area contributed by atoms with Crippen LogP contribution in [-0.4, -0.2) is 47.6 Å².